The van der Waals surface area contributed by atoms with E-state index in [1.54, 1.807) is 0 Å². The molecule has 0 rings (SSSR count). The van der Waals surface area contributed by atoms with Crippen molar-refractivity contribution in [3.63, 3.8) is 0 Å². The molecule has 0 fully saturated rings. The molecule has 11 heavy (non-hydrogen) atoms. The van der Waals surface area contributed by atoms with Gasteiger partial charge in [0, 0.05) is 6.04 Å². The predicted octanol–water partition coefficient (Wildman–Crippen LogP) is 0.462. The SMILES string of the molecule is CC(C)N(C)C(C)C(N)=NO. The lowest BCUT2D eigenvalue weighted by molar-refractivity contribution is 0.243. The molecule has 0 aromatic carbocycles. The minimum absolute atomic E-state index is 0.0139. The molecule has 1 unspecified atom stereocenters. The zero-order valence-corrected chi connectivity index (χ0v) is 7.57. The van der Waals surface area contributed by atoms with Gasteiger partial charge in [0.05, 0.1) is 6.04 Å². The Hall–Kier alpha value is -0.770. The fraction of sp³-hybridized carbons (Fsp3) is 0.857. The number of rotatable bonds is 3. The molecule has 0 aromatic heterocycles. The molecule has 4 heteroatoms. The van der Waals surface area contributed by atoms with E-state index in [0.29, 0.717) is 6.04 Å². The molecule has 0 heterocycles. The molecule has 0 saturated heterocycles. The van der Waals surface area contributed by atoms with Gasteiger partial charge in [0.1, 0.15) is 0 Å². The van der Waals surface area contributed by atoms with Crippen LogP contribution in [0.2, 0.25) is 0 Å². The maximum absolute atomic E-state index is 8.37. The van der Waals surface area contributed by atoms with Crippen molar-refractivity contribution in [2.24, 2.45) is 10.9 Å². The number of nitrogens with two attached hydrogens (primary N) is 1. The summed E-state index contributed by atoms with van der Waals surface area (Å²) >= 11 is 0. The minimum atomic E-state index is -0.0139. The summed E-state index contributed by atoms with van der Waals surface area (Å²) in [5, 5.41) is 11.3. The molecule has 4 nitrogen and oxygen atoms in total. The standard InChI is InChI=1S/C7H17N3O/c1-5(2)10(4)6(3)7(8)9-11/h5-6,11H,1-4H3,(H2,8,9). The van der Waals surface area contributed by atoms with Gasteiger partial charge in [-0.2, -0.15) is 0 Å². The van der Waals surface area contributed by atoms with Gasteiger partial charge < -0.3 is 10.9 Å². The summed E-state index contributed by atoms with van der Waals surface area (Å²) in [4.78, 5) is 2.02. The summed E-state index contributed by atoms with van der Waals surface area (Å²) in [7, 11) is 1.94. The highest BCUT2D eigenvalue weighted by Crippen LogP contribution is 2.00. The lowest BCUT2D eigenvalue weighted by atomic mass is 10.2. The van der Waals surface area contributed by atoms with Crippen LogP contribution in [0.3, 0.4) is 0 Å². The van der Waals surface area contributed by atoms with E-state index in [2.05, 4.69) is 19.0 Å². The molecule has 0 aromatic rings. The largest absolute Gasteiger partial charge is 0.409 e. The van der Waals surface area contributed by atoms with Gasteiger partial charge in [-0.15, -0.1) is 0 Å². The Morgan fingerprint density at radius 1 is 1.45 bits per heavy atom. The minimum Gasteiger partial charge on any atom is -0.409 e. The average Bonchev–Trinajstić information content (AvgIpc) is 2.00. The van der Waals surface area contributed by atoms with Crippen LogP contribution in [0.4, 0.5) is 0 Å². The monoisotopic (exact) mass is 159 g/mol. The van der Waals surface area contributed by atoms with Crippen molar-refractivity contribution in [1.82, 2.24) is 4.90 Å². The van der Waals surface area contributed by atoms with Gasteiger partial charge in [-0.05, 0) is 27.8 Å². The Balaban J connectivity index is 4.13. The molecular formula is C7H17N3O. The van der Waals surface area contributed by atoms with E-state index in [4.69, 9.17) is 10.9 Å². The van der Waals surface area contributed by atoms with Crippen molar-refractivity contribution in [3.05, 3.63) is 0 Å². The van der Waals surface area contributed by atoms with Gasteiger partial charge in [-0.25, -0.2) is 0 Å². The fourth-order valence-electron chi connectivity index (χ4n) is 0.739. The first-order valence-corrected chi connectivity index (χ1v) is 3.70. The number of hydrogen-bond donors (Lipinski definition) is 2. The summed E-state index contributed by atoms with van der Waals surface area (Å²) < 4.78 is 0. The van der Waals surface area contributed by atoms with Crippen LogP contribution in [0.15, 0.2) is 5.16 Å². The van der Waals surface area contributed by atoms with Crippen molar-refractivity contribution in [1.29, 1.82) is 0 Å². The predicted molar refractivity (Wildman–Crippen MR) is 45.8 cm³/mol. The molecule has 0 aliphatic heterocycles. The lowest BCUT2D eigenvalue weighted by Gasteiger charge is -2.26. The third kappa shape index (κ3) is 2.76. The Kier molecular flexibility index (Phi) is 3.89. The zero-order valence-electron chi connectivity index (χ0n) is 7.57. The molecule has 1 atom stereocenters. The number of likely N-dealkylation sites (N-methyl/N-ethyl adjacent to an activating group) is 1. The summed E-state index contributed by atoms with van der Waals surface area (Å²) in [5.41, 5.74) is 5.41. The van der Waals surface area contributed by atoms with Crippen molar-refractivity contribution >= 4 is 5.84 Å². The third-order valence-electron chi connectivity index (χ3n) is 1.97. The summed E-state index contributed by atoms with van der Waals surface area (Å²) in [6, 6.07) is 0.380. The van der Waals surface area contributed by atoms with E-state index < -0.39 is 0 Å². The first kappa shape index (κ1) is 10.2. The van der Waals surface area contributed by atoms with Gasteiger partial charge in [-0.3, -0.25) is 4.90 Å². The molecule has 0 bridgehead atoms. The lowest BCUT2D eigenvalue weighted by Crippen LogP contribution is -2.43. The van der Waals surface area contributed by atoms with E-state index in [1.807, 2.05) is 18.9 Å². The first-order valence-electron chi connectivity index (χ1n) is 3.70. The smallest absolute Gasteiger partial charge is 0.156 e. The van der Waals surface area contributed by atoms with E-state index >= 15 is 0 Å². The average molecular weight is 159 g/mol. The van der Waals surface area contributed by atoms with E-state index in [9.17, 15) is 0 Å². The van der Waals surface area contributed by atoms with Crippen LogP contribution in [0, 0.1) is 0 Å². The molecule has 3 N–H and O–H groups in total. The maximum Gasteiger partial charge on any atom is 0.156 e. The third-order valence-corrected chi connectivity index (χ3v) is 1.97. The van der Waals surface area contributed by atoms with Gasteiger partial charge >= 0.3 is 0 Å². The highest BCUT2D eigenvalue weighted by atomic mass is 16.4. The van der Waals surface area contributed by atoms with Crippen LogP contribution in [0.1, 0.15) is 20.8 Å². The van der Waals surface area contributed by atoms with E-state index in [0.717, 1.165) is 0 Å². The van der Waals surface area contributed by atoms with E-state index in [1.165, 1.54) is 0 Å². The Labute approximate surface area is 67.7 Å². The second-order valence-corrected chi connectivity index (χ2v) is 2.96. The van der Waals surface area contributed by atoms with Gasteiger partial charge in [-0.1, -0.05) is 5.16 Å². The van der Waals surface area contributed by atoms with Gasteiger partial charge in [0.15, 0.2) is 5.84 Å². The molecule has 0 aliphatic carbocycles. The molecule has 0 aliphatic rings. The molecule has 0 radical (unpaired) electrons. The second-order valence-electron chi connectivity index (χ2n) is 2.96. The van der Waals surface area contributed by atoms with Crippen LogP contribution >= 0.6 is 0 Å². The van der Waals surface area contributed by atoms with Crippen LogP contribution in [0.5, 0.6) is 0 Å². The normalized spacial score (nSPS) is 16.0. The number of amidine groups is 1. The molecular weight excluding hydrogens is 142 g/mol. The number of nitrogens with zero attached hydrogens (tertiary/aromatic N) is 2. The Morgan fingerprint density at radius 2 is 1.91 bits per heavy atom. The Morgan fingerprint density at radius 3 is 2.18 bits per heavy atom. The molecule has 0 amide bonds. The Bertz CT molecular complexity index is 145. The van der Waals surface area contributed by atoms with Crippen LogP contribution in [-0.2, 0) is 0 Å². The van der Waals surface area contributed by atoms with Crippen molar-refractivity contribution in [2.45, 2.75) is 32.9 Å². The van der Waals surface area contributed by atoms with Crippen LogP contribution in [0.25, 0.3) is 0 Å². The second kappa shape index (κ2) is 4.18. The van der Waals surface area contributed by atoms with Gasteiger partial charge in [0.25, 0.3) is 0 Å². The van der Waals surface area contributed by atoms with Gasteiger partial charge in [0.2, 0.25) is 0 Å². The number of oxime groups is 1. The van der Waals surface area contributed by atoms with Crippen molar-refractivity contribution in [2.75, 3.05) is 7.05 Å². The topological polar surface area (TPSA) is 61.8 Å². The summed E-state index contributed by atoms with van der Waals surface area (Å²) in [6.45, 7) is 6.01. The summed E-state index contributed by atoms with van der Waals surface area (Å²) in [6.07, 6.45) is 0. The highest BCUT2D eigenvalue weighted by Gasteiger charge is 2.15. The molecule has 0 spiro atoms. The van der Waals surface area contributed by atoms with Crippen LogP contribution < -0.4 is 5.73 Å². The van der Waals surface area contributed by atoms with Crippen molar-refractivity contribution in [3.8, 4) is 0 Å². The summed E-state index contributed by atoms with van der Waals surface area (Å²) in [5.74, 6) is 0.251. The maximum atomic E-state index is 8.37. The highest BCUT2D eigenvalue weighted by molar-refractivity contribution is 5.84. The molecule has 66 valence electrons. The van der Waals surface area contributed by atoms with Crippen LogP contribution in [-0.4, -0.2) is 35.1 Å². The van der Waals surface area contributed by atoms with Crippen molar-refractivity contribution < 1.29 is 5.21 Å². The zero-order chi connectivity index (χ0) is 9.02. The molecule has 0 saturated carbocycles. The van der Waals surface area contributed by atoms with E-state index in [-0.39, 0.29) is 11.9 Å². The quantitative estimate of drug-likeness (QED) is 0.272. The first-order chi connectivity index (χ1) is 5.00. The number of hydrogen-bond acceptors (Lipinski definition) is 3. The fourth-order valence-corrected chi connectivity index (χ4v) is 0.739.